The summed E-state index contributed by atoms with van der Waals surface area (Å²) < 4.78 is 0. The Labute approximate surface area is 162 Å². The number of para-hydroxylation sites is 1. The molecule has 0 aliphatic heterocycles. The maximum absolute atomic E-state index is 12.3. The van der Waals surface area contributed by atoms with Gasteiger partial charge in [0.25, 0.3) is 0 Å². The van der Waals surface area contributed by atoms with Gasteiger partial charge in [-0.25, -0.2) is 0 Å². The van der Waals surface area contributed by atoms with Crippen molar-refractivity contribution < 1.29 is 9.90 Å². The minimum atomic E-state index is -0.922. The zero-order chi connectivity index (χ0) is 20.4. The van der Waals surface area contributed by atoms with E-state index in [1.807, 2.05) is 68.4 Å². The Morgan fingerprint density at radius 3 is 1.96 bits per heavy atom. The van der Waals surface area contributed by atoms with Gasteiger partial charge in [-0.2, -0.15) is 0 Å². The van der Waals surface area contributed by atoms with Crippen LogP contribution in [-0.4, -0.2) is 36.1 Å². The van der Waals surface area contributed by atoms with Crippen LogP contribution < -0.4 is 10.6 Å². The number of nitrogens with one attached hydrogen (secondary N) is 2. The van der Waals surface area contributed by atoms with E-state index in [1.54, 1.807) is 25.9 Å². The molecule has 3 N–H and O–H groups in total. The van der Waals surface area contributed by atoms with Crippen molar-refractivity contribution in [1.29, 1.82) is 0 Å². The van der Waals surface area contributed by atoms with E-state index in [-0.39, 0.29) is 5.91 Å². The number of likely N-dealkylation sites (N-methyl/N-ethyl adjacent to an activating group) is 1. The minimum Gasteiger partial charge on any atom is -0.386 e. The van der Waals surface area contributed by atoms with Gasteiger partial charge < -0.3 is 20.6 Å². The quantitative estimate of drug-likeness (QED) is 0.674. The van der Waals surface area contributed by atoms with Crippen molar-refractivity contribution in [3.05, 3.63) is 66.9 Å². The first-order valence-corrected chi connectivity index (χ1v) is 9.15. The summed E-state index contributed by atoms with van der Waals surface area (Å²) >= 11 is 0. The van der Waals surface area contributed by atoms with Gasteiger partial charge in [0.1, 0.15) is 6.10 Å². The standard InChI is InChI=1S/C20H25N3O2.C2H6/c1-14(19(24)15(2)23(3)4)20(25)22-18-12-10-17(11-13-18)21-16-8-6-5-7-9-16;1-2/h5-14,19,21,24H,2H2,1,3-4H3,(H,22,25);1-2H3. The maximum atomic E-state index is 12.3. The molecule has 146 valence electrons. The Bertz CT molecular complexity index is 712. The normalized spacial score (nSPS) is 12.1. The number of carbonyl (C=O) groups is 1. The summed E-state index contributed by atoms with van der Waals surface area (Å²) in [6.07, 6.45) is -0.922. The van der Waals surface area contributed by atoms with Crippen LogP contribution in [-0.2, 0) is 4.79 Å². The summed E-state index contributed by atoms with van der Waals surface area (Å²) in [5, 5.41) is 16.3. The van der Waals surface area contributed by atoms with E-state index in [1.165, 1.54) is 0 Å². The first-order chi connectivity index (χ1) is 12.9. The van der Waals surface area contributed by atoms with Crippen molar-refractivity contribution >= 4 is 23.0 Å². The fraction of sp³-hybridized carbons (Fsp3) is 0.318. The third kappa shape index (κ3) is 6.79. The Kier molecular flexibility index (Phi) is 9.09. The molecule has 5 heteroatoms. The number of aliphatic hydroxyl groups excluding tert-OH is 1. The van der Waals surface area contributed by atoms with E-state index in [0.29, 0.717) is 11.4 Å². The Morgan fingerprint density at radius 1 is 0.963 bits per heavy atom. The molecule has 0 heterocycles. The highest BCUT2D eigenvalue weighted by Gasteiger charge is 2.25. The van der Waals surface area contributed by atoms with E-state index in [9.17, 15) is 9.90 Å². The highest BCUT2D eigenvalue weighted by Crippen LogP contribution is 2.20. The summed E-state index contributed by atoms with van der Waals surface area (Å²) in [6.45, 7) is 9.48. The van der Waals surface area contributed by atoms with Crippen molar-refractivity contribution in [3.63, 3.8) is 0 Å². The number of amides is 1. The van der Waals surface area contributed by atoms with Crippen LogP contribution in [0.15, 0.2) is 66.9 Å². The summed E-state index contributed by atoms with van der Waals surface area (Å²) in [5.41, 5.74) is 3.11. The number of nitrogens with zero attached hydrogens (tertiary/aromatic N) is 1. The number of hydrogen-bond acceptors (Lipinski definition) is 4. The number of hydrogen-bond donors (Lipinski definition) is 3. The molecule has 1 amide bonds. The van der Waals surface area contributed by atoms with Gasteiger partial charge in [-0.3, -0.25) is 4.79 Å². The number of rotatable bonds is 7. The van der Waals surface area contributed by atoms with Crippen molar-refractivity contribution in [1.82, 2.24) is 4.90 Å². The first kappa shape index (κ1) is 22.3. The first-order valence-electron chi connectivity index (χ1n) is 9.15. The molecule has 0 aliphatic rings. The van der Waals surface area contributed by atoms with Gasteiger partial charge in [-0.05, 0) is 36.4 Å². The van der Waals surface area contributed by atoms with Crippen LogP contribution in [0.2, 0.25) is 0 Å². The molecule has 2 aromatic carbocycles. The third-order valence-corrected chi connectivity index (χ3v) is 4.02. The molecule has 0 saturated heterocycles. The lowest BCUT2D eigenvalue weighted by Gasteiger charge is -2.25. The Balaban J connectivity index is 0.00000176. The molecule has 0 aliphatic carbocycles. The average Bonchev–Trinajstić information content (AvgIpc) is 2.70. The molecule has 2 rings (SSSR count). The topological polar surface area (TPSA) is 64.6 Å². The Morgan fingerprint density at radius 2 is 1.44 bits per heavy atom. The minimum absolute atomic E-state index is 0.251. The molecule has 2 atom stereocenters. The third-order valence-electron chi connectivity index (χ3n) is 4.02. The molecule has 2 unspecified atom stereocenters. The van der Waals surface area contributed by atoms with E-state index in [4.69, 9.17) is 0 Å². The molecule has 2 aromatic rings. The monoisotopic (exact) mass is 369 g/mol. The van der Waals surface area contributed by atoms with Gasteiger partial charge >= 0.3 is 0 Å². The molecule has 0 radical (unpaired) electrons. The van der Waals surface area contributed by atoms with Crippen LogP contribution in [0.5, 0.6) is 0 Å². The number of aliphatic hydroxyl groups is 1. The van der Waals surface area contributed by atoms with Gasteiger partial charge in [0.15, 0.2) is 0 Å². The zero-order valence-electron chi connectivity index (χ0n) is 16.9. The van der Waals surface area contributed by atoms with Crippen molar-refractivity contribution in [3.8, 4) is 0 Å². The molecule has 0 spiro atoms. The summed E-state index contributed by atoms with van der Waals surface area (Å²) in [7, 11) is 3.57. The smallest absolute Gasteiger partial charge is 0.230 e. The van der Waals surface area contributed by atoms with E-state index >= 15 is 0 Å². The van der Waals surface area contributed by atoms with Crippen molar-refractivity contribution in [2.24, 2.45) is 5.92 Å². The van der Waals surface area contributed by atoms with Gasteiger partial charge in [0, 0.05) is 36.9 Å². The largest absolute Gasteiger partial charge is 0.386 e. The van der Waals surface area contributed by atoms with Gasteiger partial charge in [0.05, 0.1) is 5.92 Å². The van der Waals surface area contributed by atoms with Crippen molar-refractivity contribution in [2.45, 2.75) is 26.9 Å². The number of benzene rings is 2. The fourth-order valence-corrected chi connectivity index (χ4v) is 2.28. The average molecular weight is 370 g/mol. The lowest BCUT2D eigenvalue weighted by molar-refractivity contribution is -0.122. The van der Waals surface area contributed by atoms with E-state index in [0.717, 1.165) is 11.4 Å². The van der Waals surface area contributed by atoms with Gasteiger partial charge in [-0.1, -0.05) is 45.5 Å². The maximum Gasteiger partial charge on any atom is 0.230 e. The highest BCUT2D eigenvalue weighted by atomic mass is 16.3. The summed E-state index contributed by atoms with van der Waals surface area (Å²) in [6, 6.07) is 17.3. The molecular weight excluding hydrogens is 338 g/mol. The summed E-state index contributed by atoms with van der Waals surface area (Å²) in [4.78, 5) is 14.0. The molecule has 5 nitrogen and oxygen atoms in total. The second-order valence-corrected chi connectivity index (χ2v) is 6.18. The zero-order valence-corrected chi connectivity index (χ0v) is 16.9. The van der Waals surface area contributed by atoms with Crippen LogP contribution in [0.4, 0.5) is 17.1 Å². The molecule has 27 heavy (non-hydrogen) atoms. The number of carbonyl (C=O) groups excluding carboxylic acids is 1. The van der Waals surface area contributed by atoms with E-state index < -0.39 is 12.0 Å². The lowest BCUT2D eigenvalue weighted by Crippen LogP contribution is -2.35. The second kappa shape index (κ2) is 11.0. The van der Waals surface area contributed by atoms with Gasteiger partial charge in [-0.15, -0.1) is 0 Å². The van der Waals surface area contributed by atoms with Crippen LogP contribution in [0.1, 0.15) is 20.8 Å². The van der Waals surface area contributed by atoms with Crippen LogP contribution in [0.25, 0.3) is 0 Å². The number of anilines is 3. The molecular formula is C22H31N3O2. The second-order valence-electron chi connectivity index (χ2n) is 6.18. The summed E-state index contributed by atoms with van der Waals surface area (Å²) in [5.74, 6) is -0.851. The molecule has 0 saturated carbocycles. The predicted octanol–water partition coefficient (Wildman–Crippen LogP) is 4.47. The van der Waals surface area contributed by atoms with Crippen LogP contribution >= 0.6 is 0 Å². The fourth-order valence-electron chi connectivity index (χ4n) is 2.28. The van der Waals surface area contributed by atoms with Crippen LogP contribution in [0.3, 0.4) is 0 Å². The molecule has 0 fully saturated rings. The molecule has 0 aromatic heterocycles. The van der Waals surface area contributed by atoms with Gasteiger partial charge in [0.2, 0.25) is 5.91 Å². The lowest BCUT2D eigenvalue weighted by atomic mass is 10.0. The van der Waals surface area contributed by atoms with E-state index in [2.05, 4.69) is 17.2 Å². The highest BCUT2D eigenvalue weighted by molar-refractivity contribution is 5.93. The molecule has 0 bridgehead atoms. The van der Waals surface area contributed by atoms with Crippen LogP contribution in [0, 0.1) is 5.92 Å². The SMILES string of the molecule is C=C(C(O)C(C)C(=O)Nc1ccc(Nc2ccccc2)cc1)N(C)C.CC. The van der Waals surface area contributed by atoms with Crippen molar-refractivity contribution in [2.75, 3.05) is 24.7 Å². The Hall–Kier alpha value is -2.79. The predicted molar refractivity (Wildman–Crippen MR) is 114 cm³/mol.